The van der Waals surface area contributed by atoms with Crippen molar-refractivity contribution in [2.75, 3.05) is 38.1 Å². The molecule has 0 bridgehead atoms. The van der Waals surface area contributed by atoms with Crippen LogP contribution in [-0.4, -0.2) is 61.0 Å². The van der Waals surface area contributed by atoms with Gasteiger partial charge in [0, 0.05) is 26.2 Å². The van der Waals surface area contributed by atoms with Gasteiger partial charge in [0.2, 0.25) is 5.91 Å². The van der Waals surface area contributed by atoms with E-state index in [1.165, 1.54) is 4.90 Å². The van der Waals surface area contributed by atoms with E-state index >= 15 is 0 Å². The van der Waals surface area contributed by atoms with E-state index in [1.807, 2.05) is 23.2 Å². The molecule has 1 aromatic rings. The lowest BCUT2D eigenvalue weighted by atomic mass is 10.2. The quantitative estimate of drug-likeness (QED) is 0.798. The number of para-hydroxylation sites is 1. The summed E-state index contributed by atoms with van der Waals surface area (Å²) in [5.74, 6) is -0.303. The van der Waals surface area contributed by atoms with E-state index in [9.17, 15) is 9.59 Å². The minimum absolute atomic E-state index is 0.141. The largest absolute Gasteiger partial charge is 0.304 e. The van der Waals surface area contributed by atoms with Crippen LogP contribution in [0.4, 0.5) is 5.69 Å². The number of likely N-dealkylation sites (N-methyl/N-ethyl adjacent to an activating group) is 1. The van der Waals surface area contributed by atoms with Crippen molar-refractivity contribution < 1.29 is 9.59 Å². The zero-order chi connectivity index (χ0) is 14.8. The molecule has 6 heteroatoms. The van der Waals surface area contributed by atoms with Gasteiger partial charge in [0.05, 0.1) is 12.1 Å². The monoisotopic (exact) mass is 288 g/mol. The smallest absolute Gasteiger partial charge is 0.252 e. The molecule has 6 nitrogen and oxygen atoms in total. The molecular weight excluding hydrogens is 268 g/mol. The summed E-state index contributed by atoms with van der Waals surface area (Å²) < 4.78 is 0. The van der Waals surface area contributed by atoms with E-state index in [0.29, 0.717) is 5.69 Å². The van der Waals surface area contributed by atoms with E-state index in [0.717, 1.165) is 26.2 Å². The predicted molar refractivity (Wildman–Crippen MR) is 79.5 cm³/mol. The molecule has 1 aromatic carbocycles. The molecule has 3 rings (SSSR count). The van der Waals surface area contributed by atoms with Gasteiger partial charge in [0.25, 0.3) is 5.91 Å². The Morgan fingerprint density at radius 2 is 1.71 bits per heavy atom. The molecule has 0 unspecified atom stereocenters. The molecule has 2 aliphatic heterocycles. The Bertz CT molecular complexity index is 526. The Morgan fingerprint density at radius 1 is 1.05 bits per heavy atom. The van der Waals surface area contributed by atoms with Crippen molar-refractivity contribution >= 4 is 17.5 Å². The summed E-state index contributed by atoms with van der Waals surface area (Å²) >= 11 is 0. The minimum Gasteiger partial charge on any atom is -0.304 e. The molecule has 2 fully saturated rings. The second-order valence-corrected chi connectivity index (χ2v) is 5.58. The van der Waals surface area contributed by atoms with Crippen molar-refractivity contribution in [3.63, 3.8) is 0 Å². The van der Waals surface area contributed by atoms with Crippen molar-refractivity contribution in [1.29, 1.82) is 0 Å². The van der Waals surface area contributed by atoms with Gasteiger partial charge in [-0.3, -0.25) is 9.59 Å². The van der Waals surface area contributed by atoms with Crippen molar-refractivity contribution in [2.45, 2.75) is 12.5 Å². The summed E-state index contributed by atoms with van der Waals surface area (Å²) in [6.45, 7) is 3.65. The number of rotatable bonds is 3. The standard InChI is InChI=1S/C15H20N4O2/c1-17-7-9-18(10-8-17)16-13-11-14(20)19(15(13)21)12-5-3-2-4-6-12/h2-6,13,16H,7-11H2,1H3/t13-/m1/s1. The zero-order valence-electron chi connectivity index (χ0n) is 12.2. The molecule has 0 aliphatic carbocycles. The molecule has 21 heavy (non-hydrogen) atoms. The highest BCUT2D eigenvalue weighted by atomic mass is 16.2. The minimum atomic E-state index is -0.443. The number of hydrogen-bond acceptors (Lipinski definition) is 5. The summed E-state index contributed by atoms with van der Waals surface area (Å²) in [5.41, 5.74) is 3.86. The number of imide groups is 1. The van der Waals surface area contributed by atoms with Gasteiger partial charge >= 0.3 is 0 Å². The van der Waals surface area contributed by atoms with Gasteiger partial charge in [-0.05, 0) is 19.2 Å². The van der Waals surface area contributed by atoms with Crippen LogP contribution in [-0.2, 0) is 9.59 Å². The Morgan fingerprint density at radius 3 is 2.38 bits per heavy atom. The lowest BCUT2D eigenvalue weighted by molar-refractivity contribution is -0.122. The molecule has 2 aliphatic rings. The predicted octanol–water partition coefficient (Wildman–Crippen LogP) is 0.0705. The van der Waals surface area contributed by atoms with Crippen molar-refractivity contribution in [2.24, 2.45) is 0 Å². The number of hydrogen-bond donors (Lipinski definition) is 1. The average molecular weight is 288 g/mol. The number of piperazine rings is 1. The SMILES string of the molecule is CN1CCN(N[C@@H]2CC(=O)N(c3ccccc3)C2=O)CC1. The summed E-state index contributed by atoms with van der Waals surface area (Å²) in [7, 11) is 2.08. The first-order valence-electron chi connectivity index (χ1n) is 7.26. The Kier molecular flexibility index (Phi) is 4.01. The first-order valence-corrected chi connectivity index (χ1v) is 7.26. The summed E-state index contributed by atoms with van der Waals surface area (Å²) in [6.07, 6.45) is 0.222. The molecule has 112 valence electrons. The lowest BCUT2D eigenvalue weighted by Crippen LogP contribution is -2.55. The molecule has 1 N–H and O–H groups in total. The Balaban J connectivity index is 1.66. The maximum absolute atomic E-state index is 12.5. The lowest BCUT2D eigenvalue weighted by Gasteiger charge is -2.33. The first kappa shape index (κ1) is 14.2. The van der Waals surface area contributed by atoms with Crippen LogP contribution in [0.15, 0.2) is 30.3 Å². The molecule has 2 saturated heterocycles. The Hall–Kier alpha value is -1.76. The third-order valence-corrected chi connectivity index (χ3v) is 4.00. The molecule has 0 spiro atoms. The highest BCUT2D eigenvalue weighted by Crippen LogP contribution is 2.22. The Labute approximate surface area is 124 Å². The third kappa shape index (κ3) is 2.97. The third-order valence-electron chi connectivity index (χ3n) is 4.00. The van der Waals surface area contributed by atoms with Crippen molar-refractivity contribution in [1.82, 2.24) is 15.3 Å². The average Bonchev–Trinajstić information content (AvgIpc) is 2.77. The van der Waals surface area contributed by atoms with E-state index in [1.54, 1.807) is 12.1 Å². The van der Waals surface area contributed by atoms with Gasteiger partial charge in [-0.2, -0.15) is 0 Å². The number of nitrogens with one attached hydrogen (secondary N) is 1. The van der Waals surface area contributed by atoms with Gasteiger partial charge in [-0.15, -0.1) is 0 Å². The number of nitrogens with zero attached hydrogens (tertiary/aromatic N) is 3. The van der Waals surface area contributed by atoms with E-state index < -0.39 is 6.04 Å². The fourth-order valence-corrected chi connectivity index (χ4v) is 2.74. The number of carbonyl (C=O) groups excluding carboxylic acids is 2. The van der Waals surface area contributed by atoms with Crippen LogP contribution < -0.4 is 10.3 Å². The molecule has 2 amide bonds. The van der Waals surface area contributed by atoms with E-state index in [-0.39, 0.29) is 18.2 Å². The zero-order valence-corrected chi connectivity index (χ0v) is 12.2. The normalized spacial score (nSPS) is 24.8. The van der Waals surface area contributed by atoms with Crippen LogP contribution in [0.5, 0.6) is 0 Å². The number of carbonyl (C=O) groups is 2. The fourth-order valence-electron chi connectivity index (χ4n) is 2.74. The number of anilines is 1. The van der Waals surface area contributed by atoms with Crippen LogP contribution in [0, 0.1) is 0 Å². The van der Waals surface area contributed by atoms with E-state index in [2.05, 4.69) is 17.4 Å². The number of benzene rings is 1. The van der Waals surface area contributed by atoms with Crippen LogP contribution in [0.2, 0.25) is 0 Å². The van der Waals surface area contributed by atoms with Gasteiger partial charge in [-0.1, -0.05) is 18.2 Å². The summed E-state index contributed by atoms with van der Waals surface area (Å²) in [6, 6.07) is 8.66. The van der Waals surface area contributed by atoms with Crippen molar-refractivity contribution in [3.05, 3.63) is 30.3 Å². The van der Waals surface area contributed by atoms with Crippen LogP contribution in [0.25, 0.3) is 0 Å². The van der Waals surface area contributed by atoms with Gasteiger partial charge in [0.1, 0.15) is 6.04 Å². The molecule has 1 atom stereocenters. The second-order valence-electron chi connectivity index (χ2n) is 5.58. The van der Waals surface area contributed by atoms with Crippen LogP contribution in [0.3, 0.4) is 0 Å². The summed E-state index contributed by atoms with van der Waals surface area (Å²) in [5, 5.41) is 2.05. The van der Waals surface area contributed by atoms with Crippen molar-refractivity contribution in [3.8, 4) is 0 Å². The number of hydrazine groups is 1. The van der Waals surface area contributed by atoms with Crippen LogP contribution >= 0.6 is 0 Å². The topological polar surface area (TPSA) is 55.9 Å². The van der Waals surface area contributed by atoms with Gasteiger partial charge in [0.15, 0.2) is 0 Å². The maximum Gasteiger partial charge on any atom is 0.252 e. The van der Waals surface area contributed by atoms with Crippen LogP contribution in [0.1, 0.15) is 6.42 Å². The molecule has 0 radical (unpaired) electrons. The highest BCUT2D eigenvalue weighted by molar-refractivity contribution is 6.22. The second kappa shape index (κ2) is 5.93. The van der Waals surface area contributed by atoms with Gasteiger partial charge < -0.3 is 4.90 Å². The molecule has 2 heterocycles. The van der Waals surface area contributed by atoms with E-state index in [4.69, 9.17) is 0 Å². The highest BCUT2D eigenvalue weighted by Gasteiger charge is 2.40. The maximum atomic E-state index is 12.5. The molecule has 0 aromatic heterocycles. The summed E-state index contributed by atoms with van der Waals surface area (Å²) in [4.78, 5) is 28.1. The first-order chi connectivity index (χ1) is 10.1. The number of amides is 2. The van der Waals surface area contributed by atoms with Gasteiger partial charge in [-0.25, -0.2) is 15.3 Å². The molecular formula is C15H20N4O2. The fraction of sp³-hybridized carbons (Fsp3) is 0.467. The molecule has 0 saturated carbocycles.